The summed E-state index contributed by atoms with van der Waals surface area (Å²) in [6.07, 6.45) is 3.12. The topological polar surface area (TPSA) is 58.7 Å². The van der Waals surface area contributed by atoms with Crippen molar-refractivity contribution in [2.75, 3.05) is 46.5 Å². The van der Waals surface area contributed by atoms with Crippen molar-refractivity contribution in [1.82, 2.24) is 4.90 Å². The highest BCUT2D eigenvalue weighted by molar-refractivity contribution is 4.58. The second-order valence-corrected chi connectivity index (χ2v) is 3.41. The number of rotatable bonds is 10. The molecule has 4 nitrogen and oxygen atoms in total. The summed E-state index contributed by atoms with van der Waals surface area (Å²) in [7, 11) is 1.71. The lowest BCUT2D eigenvalue weighted by atomic mass is 10.2. The van der Waals surface area contributed by atoms with E-state index in [2.05, 4.69) is 4.90 Å². The van der Waals surface area contributed by atoms with Crippen LogP contribution in [0, 0.1) is 0 Å². The van der Waals surface area contributed by atoms with Crippen molar-refractivity contribution in [2.24, 2.45) is 5.73 Å². The van der Waals surface area contributed by atoms with E-state index in [9.17, 15) is 0 Å². The summed E-state index contributed by atoms with van der Waals surface area (Å²) in [5, 5.41) is 8.62. The second kappa shape index (κ2) is 10.9. The number of aliphatic hydroxyl groups excluding tert-OH is 1. The van der Waals surface area contributed by atoms with E-state index < -0.39 is 0 Å². The van der Waals surface area contributed by atoms with E-state index >= 15 is 0 Å². The molecule has 14 heavy (non-hydrogen) atoms. The zero-order valence-corrected chi connectivity index (χ0v) is 9.24. The van der Waals surface area contributed by atoms with Crippen molar-refractivity contribution >= 4 is 0 Å². The lowest BCUT2D eigenvalue weighted by molar-refractivity contribution is 0.147. The van der Waals surface area contributed by atoms with E-state index in [0.29, 0.717) is 13.2 Å². The molecule has 0 aliphatic carbocycles. The molecule has 0 spiro atoms. The van der Waals surface area contributed by atoms with Gasteiger partial charge in [0.2, 0.25) is 0 Å². The molecule has 0 saturated carbocycles. The van der Waals surface area contributed by atoms with Crippen LogP contribution in [0.2, 0.25) is 0 Å². The van der Waals surface area contributed by atoms with Crippen LogP contribution in [-0.2, 0) is 4.74 Å². The van der Waals surface area contributed by atoms with Crippen LogP contribution < -0.4 is 5.73 Å². The largest absolute Gasteiger partial charge is 0.396 e. The van der Waals surface area contributed by atoms with Crippen molar-refractivity contribution in [1.29, 1.82) is 0 Å². The van der Waals surface area contributed by atoms with Crippen molar-refractivity contribution in [2.45, 2.75) is 19.3 Å². The quantitative estimate of drug-likeness (QED) is 0.494. The van der Waals surface area contributed by atoms with Gasteiger partial charge in [0, 0.05) is 33.4 Å². The van der Waals surface area contributed by atoms with Crippen molar-refractivity contribution in [3.05, 3.63) is 0 Å². The van der Waals surface area contributed by atoms with Crippen LogP contribution in [0.4, 0.5) is 0 Å². The van der Waals surface area contributed by atoms with Gasteiger partial charge in [0.15, 0.2) is 0 Å². The lowest BCUT2D eigenvalue weighted by Crippen LogP contribution is -2.33. The standard InChI is InChI=1S/C10H24N2O2/c1-14-10-8-12(7-5-11)6-3-2-4-9-13/h13H,2-11H2,1H3. The van der Waals surface area contributed by atoms with Gasteiger partial charge in [-0.2, -0.15) is 0 Å². The molecule has 0 aromatic carbocycles. The van der Waals surface area contributed by atoms with Crippen LogP contribution in [-0.4, -0.2) is 56.5 Å². The average molecular weight is 204 g/mol. The molecule has 86 valence electrons. The molecule has 0 amide bonds. The minimum atomic E-state index is 0.301. The van der Waals surface area contributed by atoms with Crippen LogP contribution in [0.1, 0.15) is 19.3 Å². The van der Waals surface area contributed by atoms with E-state index in [4.69, 9.17) is 15.6 Å². The van der Waals surface area contributed by atoms with Crippen LogP contribution in [0.15, 0.2) is 0 Å². The van der Waals surface area contributed by atoms with Crippen LogP contribution >= 0.6 is 0 Å². The molecule has 4 heteroatoms. The number of nitrogens with zero attached hydrogens (tertiary/aromatic N) is 1. The van der Waals surface area contributed by atoms with E-state index in [1.54, 1.807) is 7.11 Å². The maximum atomic E-state index is 8.62. The zero-order chi connectivity index (χ0) is 10.6. The third-order valence-corrected chi connectivity index (χ3v) is 2.19. The first-order chi connectivity index (χ1) is 6.85. The maximum Gasteiger partial charge on any atom is 0.0589 e. The predicted molar refractivity (Wildman–Crippen MR) is 58.3 cm³/mol. The highest BCUT2D eigenvalue weighted by atomic mass is 16.5. The molecule has 0 fully saturated rings. The molecule has 0 aromatic heterocycles. The van der Waals surface area contributed by atoms with Gasteiger partial charge in [0.1, 0.15) is 0 Å². The van der Waals surface area contributed by atoms with Gasteiger partial charge in [0.25, 0.3) is 0 Å². The number of unbranched alkanes of at least 4 members (excludes halogenated alkanes) is 2. The monoisotopic (exact) mass is 204 g/mol. The molecule has 3 N–H and O–H groups in total. The van der Waals surface area contributed by atoms with Gasteiger partial charge in [-0.25, -0.2) is 0 Å². The van der Waals surface area contributed by atoms with Gasteiger partial charge in [-0.3, -0.25) is 4.90 Å². The normalized spacial score (nSPS) is 11.1. The maximum absolute atomic E-state index is 8.62. The number of ether oxygens (including phenoxy) is 1. The van der Waals surface area contributed by atoms with E-state index in [1.807, 2.05) is 0 Å². The summed E-state index contributed by atoms with van der Waals surface area (Å²) in [6.45, 7) is 4.70. The van der Waals surface area contributed by atoms with Crippen LogP contribution in [0.5, 0.6) is 0 Å². The second-order valence-electron chi connectivity index (χ2n) is 3.41. The summed E-state index contributed by atoms with van der Waals surface area (Å²) in [5.41, 5.74) is 5.51. The van der Waals surface area contributed by atoms with Crippen molar-refractivity contribution in [3.8, 4) is 0 Å². The Hall–Kier alpha value is -0.160. The third-order valence-electron chi connectivity index (χ3n) is 2.19. The Morgan fingerprint density at radius 2 is 1.93 bits per heavy atom. The third kappa shape index (κ3) is 8.44. The average Bonchev–Trinajstić information content (AvgIpc) is 2.20. The molecule has 0 aliphatic heterocycles. The lowest BCUT2D eigenvalue weighted by Gasteiger charge is -2.20. The Morgan fingerprint density at radius 1 is 1.14 bits per heavy atom. The Bertz CT molecular complexity index is 112. The van der Waals surface area contributed by atoms with Crippen LogP contribution in [0.25, 0.3) is 0 Å². The Labute approximate surface area is 87.0 Å². The van der Waals surface area contributed by atoms with Gasteiger partial charge >= 0.3 is 0 Å². The molecule has 0 unspecified atom stereocenters. The highest BCUT2D eigenvalue weighted by Crippen LogP contribution is 1.98. The molecule has 0 bridgehead atoms. The first-order valence-corrected chi connectivity index (χ1v) is 5.37. The molecule has 0 saturated heterocycles. The van der Waals surface area contributed by atoms with Gasteiger partial charge < -0.3 is 15.6 Å². The zero-order valence-electron chi connectivity index (χ0n) is 9.24. The van der Waals surface area contributed by atoms with Gasteiger partial charge in [-0.1, -0.05) is 0 Å². The number of hydrogen-bond acceptors (Lipinski definition) is 4. The van der Waals surface area contributed by atoms with Crippen molar-refractivity contribution in [3.63, 3.8) is 0 Å². The van der Waals surface area contributed by atoms with Crippen LogP contribution in [0.3, 0.4) is 0 Å². The predicted octanol–water partition coefficient (Wildman–Crippen LogP) is 0.0561. The highest BCUT2D eigenvalue weighted by Gasteiger charge is 2.02. The summed E-state index contributed by atoms with van der Waals surface area (Å²) >= 11 is 0. The Kier molecular flexibility index (Phi) is 10.8. The summed E-state index contributed by atoms with van der Waals surface area (Å²) in [5.74, 6) is 0. The van der Waals surface area contributed by atoms with Gasteiger partial charge in [0.05, 0.1) is 6.61 Å². The van der Waals surface area contributed by atoms with E-state index in [0.717, 1.165) is 45.5 Å². The fraction of sp³-hybridized carbons (Fsp3) is 1.00. The number of methoxy groups -OCH3 is 1. The Morgan fingerprint density at radius 3 is 2.50 bits per heavy atom. The SMILES string of the molecule is COCCN(CCN)CCCCCO. The summed E-state index contributed by atoms with van der Waals surface area (Å²) in [4.78, 5) is 2.31. The molecular weight excluding hydrogens is 180 g/mol. The molecule has 0 aliphatic rings. The smallest absolute Gasteiger partial charge is 0.0589 e. The minimum Gasteiger partial charge on any atom is -0.396 e. The fourth-order valence-corrected chi connectivity index (χ4v) is 1.36. The summed E-state index contributed by atoms with van der Waals surface area (Å²) < 4.78 is 5.02. The molecule has 0 atom stereocenters. The first-order valence-electron chi connectivity index (χ1n) is 5.37. The van der Waals surface area contributed by atoms with Crippen molar-refractivity contribution < 1.29 is 9.84 Å². The Balaban J connectivity index is 3.40. The molecule has 0 heterocycles. The van der Waals surface area contributed by atoms with E-state index in [-0.39, 0.29) is 0 Å². The fourth-order valence-electron chi connectivity index (χ4n) is 1.36. The van der Waals surface area contributed by atoms with E-state index in [1.165, 1.54) is 0 Å². The molecule has 0 rings (SSSR count). The molecule has 0 radical (unpaired) electrons. The summed E-state index contributed by atoms with van der Waals surface area (Å²) in [6, 6.07) is 0. The number of nitrogens with two attached hydrogens (primary N) is 1. The molecule has 0 aromatic rings. The first kappa shape index (κ1) is 13.8. The van der Waals surface area contributed by atoms with Gasteiger partial charge in [-0.15, -0.1) is 0 Å². The molecular formula is C10H24N2O2. The number of hydrogen-bond donors (Lipinski definition) is 2. The number of aliphatic hydroxyl groups is 1. The minimum absolute atomic E-state index is 0.301. The van der Waals surface area contributed by atoms with Gasteiger partial charge in [-0.05, 0) is 25.8 Å².